The number of hydrogen-bond donors (Lipinski definition) is 3. The van der Waals surface area contributed by atoms with Gasteiger partial charge in [-0.05, 0) is 59.6 Å². The lowest BCUT2D eigenvalue weighted by Crippen LogP contribution is -2.41. The van der Waals surface area contributed by atoms with E-state index in [1.54, 1.807) is 18.0 Å². The maximum Gasteiger partial charge on any atom is 0.499 e. The molecule has 1 fully saturated rings. The van der Waals surface area contributed by atoms with Crippen molar-refractivity contribution < 1.29 is 26.7 Å². The van der Waals surface area contributed by atoms with E-state index in [1.165, 1.54) is 16.8 Å². The Morgan fingerprint density at radius 3 is 2.33 bits per heavy atom. The van der Waals surface area contributed by atoms with E-state index >= 15 is 0 Å². The number of nitrogens with zero attached hydrogens (tertiary/aromatic N) is 4. The first-order valence-electron chi connectivity index (χ1n) is 13.7. The number of hydrogen-bond acceptors (Lipinski definition) is 7. The van der Waals surface area contributed by atoms with E-state index in [4.69, 9.17) is 12.2 Å². The average Bonchev–Trinajstić information content (AvgIpc) is 3.39. The largest absolute Gasteiger partial charge is 0.499 e. The van der Waals surface area contributed by atoms with Gasteiger partial charge in [-0.25, -0.2) is 0 Å². The predicted molar refractivity (Wildman–Crippen MR) is 171 cm³/mol. The van der Waals surface area contributed by atoms with Crippen molar-refractivity contribution in [2.24, 2.45) is 5.10 Å². The predicted octanol–water partition coefficient (Wildman–Crippen LogP) is 7.44. The standard InChI is InChI=1S/C30H28F5N7OS2/c1-18(2)24-5-3-4-6-25(24)38-28(44)40-36-15-19-7-9-20(10-8-19)26-39-27(37-21-16-45-17-21)42(41-26)22-11-13-23(14-12-22)43-30(34,35)29(31,32)33/h3-15,18,21H,16-17H2,1-2H3,(H,37,39,41)(H2,38,40,44). The van der Waals surface area contributed by atoms with Gasteiger partial charge in [0.25, 0.3) is 0 Å². The number of thiocarbonyl (C=S) groups is 1. The zero-order valence-corrected chi connectivity index (χ0v) is 25.6. The normalized spacial score (nSPS) is 14.0. The van der Waals surface area contributed by atoms with Gasteiger partial charge in [0.1, 0.15) is 5.75 Å². The summed E-state index contributed by atoms with van der Waals surface area (Å²) in [6.45, 7) is 4.21. The fourth-order valence-electron chi connectivity index (χ4n) is 4.22. The van der Waals surface area contributed by atoms with Gasteiger partial charge in [-0.15, -0.1) is 5.10 Å². The highest BCUT2D eigenvalue weighted by molar-refractivity contribution is 8.00. The highest BCUT2D eigenvalue weighted by Gasteiger charge is 2.61. The van der Waals surface area contributed by atoms with Crippen LogP contribution in [0.25, 0.3) is 17.1 Å². The quantitative estimate of drug-likeness (QED) is 0.0700. The zero-order valence-electron chi connectivity index (χ0n) is 24.0. The third-order valence-electron chi connectivity index (χ3n) is 6.62. The summed E-state index contributed by atoms with van der Waals surface area (Å²) in [6, 6.07) is 20.0. The van der Waals surface area contributed by atoms with Crippen LogP contribution in [-0.2, 0) is 0 Å². The summed E-state index contributed by atoms with van der Waals surface area (Å²) >= 11 is 7.14. The number of halogens is 5. The van der Waals surface area contributed by atoms with E-state index in [-0.39, 0.29) is 6.04 Å². The van der Waals surface area contributed by atoms with Crippen LogP contribution in [0.2, 0.25) is 0 Å². The molecule has 3 N–H and O–H groups in total. The van der Waals surface area contributed by atoms with Gasteiger partial charge in [0.2, 0.25) is 5.95 Å². The summed E-state index contributed by atoms with van der Waals surface area (Å²) in [5.74, 6) is 2.20. The molecule has 1 saturated heterocycles. The molecule has 8 nitrogen and oxygen atoms in total. The van der Waals surface area contributed by atoms with Crippen LogP contribution in [0.3, 0.4) is 0 Å². The molecule has 3 aromatic carbocycles. The van der Waals surface area contributed by atoms with Crippen molar-refractivity contribution >= 4 is 46.9 Å². The molecule has 4 aromatic rings. The highest BCUT2D eigenvalue weighted by Crippen LogP contribution is 2.37. The topological polar surface area (TPSA) is 88.4 Å². The van der Waals surface area contributed by atoms with Gasteiger partial charge in [-0.3, -0.25) is 5.43 Å². The van der Waals surface area contributed by atoms with Gasteiger partial charge in [-0.1, -0.05) is 56.3 Å². The fourth-order valence-corrected chi connectivity index (χ4v) is 5.02. The smallest absolute Gasteiger partial charge is 0.426 e. The third kappa shape index (κ3) is 7.89. The zero-order chi connectivity index (χ0) is 32.2. The highest BCUT2D eigenvalue weighted by atomic mass is 32.2. The molecule has 0 saturated carbocycles. The number of anilines is 2. The Balaban J connectivity index is 1.28. The second-order valence-corrected chi connectivity index (χ2v) is 11.8. The second kappa shape index (κ2) is 13.4. The van der Waals surface area contributed by atoms with Gasteiger partial charge in [0.15, 0.2) is 10.9 Å². The number of ether oxygens (including phenoxy) is 1. The minimum atomic E-state index is -5.84. The van der Waals surface area contributed by atoms with Crippen molar-refractivity contribution in [3.05, 3.63) is 83.9 Å². The van der Waals surface area contributed by atoms with Crippen molar-refractivity contribution in [2.75, 3.05) is 22.1 Å². The van der Waals surface area contributed by atoms with Crippen LogP contribution >= 0.6 is 24.0 Å². The minimum absolute atomic E-state index is 0.157. The summed E-state index contributed by atoms with van der Waals surface area (Å²) in [4.78, 5) is 4.63. The summed E-state index contributed by atoms with van der Waals surface area (Å²) in [5, 5.41) is 15.6. The van der Waals surface area contributed by atoms with Gasteiger partial charge < -0.3 is 15.4 Å². The van der Waals surface area contributed by atoms with Crippen molar-refractivity contribution in [1.29, 1.82) is 0 Å². The number of thioether (sulfide) groups is 1. The Hall–Kier alpha value is -4.24. The van der Waals surface area contributed by atoms with Crippen LogP contribution in [0.5, 0.6) is 5.75 Å². The SMILES string of the molecule is CC(C)c1ccccc1NC(=S)NN=Cc1ccc(-c2nc(NC3CSC3)n(-c3ccc(OC(F)(F)C(F)(F)F)cc3)n2)cc1. The summed E-state index contributed by atoms with van der Waals surface area (Å²) in [6.07, 6.45) is -9.55. The molecule has 5 rings (SSSR count). The Morgan fingerprint density at radius 1 is 1.02 bits per heavy atom. The third-order valence-corrected chi connectivity index (χ3v) is 8.08. The molecule has 0 unspecified atom stereocenters. The van der Waals surface area contributed by atoms with Crippen molar-refractivity contribution in [3.63, 3.8) is 0 Å². The molecule has 0 bridgehead atoms. The van der Waals surface area contributed by atoms with Crippen LogP contribution in [0, 0.1) is 0 Å². The van der Waals surface area contributed by atoms with E-state index in [2.05, 4.69) is 49.8 Å². The van der Waals surface area contributed by atoms with E-state index in [0.717, 1.165) is 40.5 Å². The molecule has 45 heavy (non-hydrogen) atoms. The van der Waals surface area contributed by atoms with Crippen LogP contribution in [0.1, 0.15) is 30.9 Å². The monoisotopic (exact) mass is 661 g/mol. The van der Waals surface area contributed by atoms with Crippen molar-refractivity contribution in [3.8, 4) is 22.8 Å². The lowest BCUT2D eigenvalue weighted by atomic mass is 10.0. The maximum absolute atomic E-state index is 13.3. The number of nitrogens with one attached hydrogen (secondary N) is 3. The van der Waals surface area contributed by atoms with Gasteiger partial charge >= 0.3 is 12.3 Å². The molecule has 0 radical (unpaired) electrons. The van der Waals surface area contributed by atoms with E-state index in [1.807, 2.05) is 48.5 Å². The fraction of sp³-hybridized carbons (Fsp3) is 0.267. The number of rotatable bonds is 10. The molecule has 0 amide bonds. The lowest BCUT2D eigenvalue weighted by Gasteiger charge is -2.26. The van der Waals surface area contributed by atoms with Gasteiger partial charge in [-0.2, -0.15) is 48.5 Å². The van der Waals surface area contributed by atoms with Gasteiger partial charge in [0.05, 0.1) is 11.9 Å². The lowest BCUT2D eigenvalue weighted by molar-refractivity contribution is -0.360. The molecule has 0 spiro atoms. The Kier molecular flexibility index (Phi) is 9.58. The maximum atomic E-state index is 13.3. The van der Waals surface area contributed by atoms with Crippen LogP contribution in [-0.4, -0.2) is 55.9 Å². The van der Waals surface area contributed by atoms with Crippen LogP contribution < -0.4 is 20.8 Å². The molecule has 15 heteroatoms. The molecule has 0 aliphatic carbocycles. The average molecular weight is 662 g/mol. The first-order valence-corrected chi connectivity index (χ1v) is 15.3. The molecular weight excluding hydrogens is 634 g/mol. The van der Waals surface area contributed by atoms with Crippen molar-refractivity contribution in [2.45, 2.75) is 38.1 Å². The first-order chi connectivity index (χ1) is 21.4. The van der Waals surface area contributed by atoms with E-state index in [9.17, 15) is 22.0 Å². The molecule has 1 aliphatic heterocycles. The number of alkyl halides is 5. The van der Waals surface area contributed by atoms with E-state index in [0.29, 0.717) is 34.1 Å². The van der Waals surface area contributed by atoms with Crippen molar-refractivity contribution in [1.82, 2.24) is 20.2 Å². The molecule has 1 aromatic heterocycles. The Morgan fingerprint density at radius 2 is 1.71 bits per heavy atom. The number of para-hydroxylation sites is 1. The summed E-state index contributed by atoms with van der Waals surface area (Å²) < 4.78 is 69.6. The van der Waals surface area contributed by atoms with E-state index < -0.39 is 18.0 Å². The minimum Gasteiger partial charge on any atom is -0.426 e. The Bertz CT molecular complexity index is 1650. The molecular formula is C30H28F5N7OS2. The van der Waals surface area contributed by atoms with Gasteiger partial charge in [0, 0.05) is 28.8 Å². The molecule has 2 heterocycles. The number of aromatic nitrogens is 3. The first kappa shape index (κ1) is 32.2. The molecule has 1 aliphatic rings. The number of hydrazone groups is 1. The van der Waals surface area contributed by atoms with Crippen LogP contribution in [0.15, 0.2) is 77.9 Å². The van der Waals surface area contributed by atoms with Crippen LogP contribution in [0.4, 0.5) is 33.6 Å². The summed E-state index contributed by atoms with van der Waals surface area (Å²) in [5.41, 5.74) is 6.73. The number of benzene rings is 3. The Labute approximate surface area is 265 Å². The second-order valence-electron chi connectivity index (χ2n) is 10.3. The summed E-state index contributed by atoms with van der Waals surface area (Å²) in [7, 11) is 0. The molecule has 236 valence electrons. The molecule has 0 atom stereocenters.